The van der Waals surface area contributed by atoms with Crippen molar-refractivity contribution in [2.75, 3.05) is 0 Å². The van der Waals surface area contributed by atoms with Crippen molar-refractivity contribution in [1.82, 2.24) is 0 Å². The second-order valence-corrected chi connectivity index (χ2v) is 7.45. The van der Waals surface area contributed by atoms with Crippen molar-refractivity contribution in [3.05, 3.63) is 64.2 Å². The number of allylic oxidation sites excluding steroid dienone is 1. The summed E-state index contributed by atoms with van der Waals surface area (Å²) in [5.74, 6) is 0.795. The van der Waals surface area contributed by atoms with E-state index in [-0.39, 0.29) is 0 Å². The summed E-state index contributed by atoms with van der Waals surface area (Å²) in [7, 11) is 0. The summed E-state index contributed by atoms with van der Waals surface area (Å²) in [4.78, 5) is 0. The molecule has 0 bridgehead atoms. The van der Waals surface area contributed by atoms with Crippen molar-refractivity contribution in [3.63, 3.8) is 0 Å². The number of aryl methyl sites for hydroxylation is 1. The molecule has 23 heavy (non-hydrogen) atoms. The molecular formula is C23H26. The molecule has 0 N–H and O–H groups in total. The van der Waals surface area contributed by atoms with E-state index in [1.54, 1.807) is 5.56 Å². The molecule has 0 radical (unpaired) electrons. The van der Waals surface area contributed by atoms with E-state index in [4.69, 9.17) is 0 Å². The van der Waals surface area contributed by atoms with E-state index in [1.165, 1.54) is 65.5 Å². The lowest BCUT2D eigenvalue weighted by atomic mass is 9.83. The summed E-state index contributed by atoms with van der Waals surface area (Å²) < 4.78 is 0. The predicted molar refractivity (Wildman–Crippen MR) is 99.8 cm³/mol. The Balaban J connectivity index is 1.68. The lowest BCUT2D eigenvalue weighted by Crippen LogP contribution is -2.04. The molecule has 4 rings (SSSR count). The monoisotopic (exact) mass is 302 g/mol. The van der Waals surface area contributed by atoms with Gasteiger partial charge in [-0.2, -0.15) is 0 Å². The number of hydrogen-bond acceptors (Lipinski definition) is 0. The molecule has 0 saturated heterocycles. The second-order valence-electron chi connectivity index (χ2n) is 7.45. The van der Waals surface area contributed by atoms with Gasteiger partial charge in [0, 0.05) is 0 Å². The van der Waals surface area contributed by atoms with E-state index in [1.807, 2.05) is 0 Å². The van der Waals surface area contributed by atoms with Gasteiger partial charge in [-0.15, -0.1) is 0 Å². The molecule has 2 aromatic carbocycles. The Labute approximate surface area is 140 Å². The average molecular weight is 302 g/mol. The van der Waals surface area contributed by atoms with E-state index in [9.17, 15) is 0 Å². The number of rotatable bonds is 2. The Hall–Kier alpha value is -1.82. The minimum Gasteiger partial charge on any atom is -0.0683 e. The molecule has 0 atom stereocenters. The van der Waals surface area contributed by atoms with Gasteiger partial charge in [0.15, 0.2) is 0 Å². The summed E-state index contributed by atoms with van der Waals surface area (Å²) in [6.07, 6.45) is 10.5. The molecule has 0 aliphatic heterocycles. The third-order valence-corrected chi connectivity index (χ3v) is 5.74. The average Bonchev–Trinajstić information content (AvgIpc) is 2.99. The van der Waals surface area contributed by atoms with Gasteiger partial charge >= 0.3 is 0 Å². The minimum absolute atomic E-state index is 0.795. The van der Waals surface area contributed by atoms with Gasteiger partial charge in [0.25, 0.3) is 0 Å². The van der Waals surface area contributed by atoms with Crippen molar-refractivity contribution in [2.24, 2.45) is 0 Å². The maximum absolute atomic E-state index is 2.38. The van der Waals surface area contributed by atoms with Gasteiger partial charge in [0.1, 0.15) is 0 Å². The zero-order valence-corrected chi connectivity index (χ0v) is 14.4. The highest BCUT2D eigenvalue weighted by Gasteiger charge is 2.18. The van der Waals surface area contributed by atoms with Crippen LogP contribution < -0.4 is 0 Å². The highest BCUT2D eigenvalue weighted by Crippen LogP contribution is 2.37. The van der Waals surface area contributed by atoms with E-state index in [0.29, 0.717) is 0 Å². The van der Waals surface area contributed by atoms with E-state index in [2.05, 4.69) is 56.3 Å². The first-order valence-electron chi connectivity index (χ1n) is 9.12. The Kier molecular flexibility index (Phi) is 3.85. The van der Waals surface area contributed by atoms with Gasteiger partial charge in [0.2, 0.25) is 0 Å². The fourth-order valence-corrected chi connectivity index (χ4v) is 4.37. The van der Waals surface area contributed by atoms with Gasteiger partial charge < -0.3 is 0 Å². The normalized spacial score (nSPS) is 17.9. The van der Waals surface area contributed by atoms with Gasteiger partial charge in [-0.25, -0.2) is 0 Å². The number of hydrogen-bond donors (Lipinski definition) is 0. The molecule has 118 valence electrons. The Morgan fingerprint density at radius 3 is 2.30 bits per heavy atom. The van der Waals surface area contributed by atoms with Crippen LogP contribution in [0.25, 0.3) is 17.2 Å². The second kappa shape index (κ2) is 6.00. The van der Waals surface area contributed by atoms with Gasteiger partial charge in [0.05, 0.1) is 0 Å². The van der Waals surface area contributed by atoms with Crippen LogP contribution in [-0.4, -0.2) is 0 Å². The first-order chi connectivity index (χ1) is 11.2. The maximum atomic E-state index is 2.38. The molecule has 1 fully saturated rings. The van der Waals surface area contributed by atoms with Crippen LogP contribution in [0.4, 0.5) is 0 Å². The Bertz CT molecular complexity index is 740. The Morgan fingerprint density at radius 2 is 1.57 bits per heavy atom. The quantitative estimate of drug-likeness (QED) is 0.581. The van der Waals surface area contributed by atoms with Gasteiger partial charge in [-0.3, -0.25) is 0 Å². The smallest absolute Gasteiger partial charge is 0.00577 e. The standard InChI is InChI=1S/C23H26/c1-16-14-22-17(2)8-13-21(23(22)15-16)20-11-9-19(10-12-20)18-6-4-3-5-7-18/h8-13,15,18H,3-7,14H2,1-2H3. The molecule has 0 heterocycles. The molecule has 2 aliphatic rings. The molecule has 1 saturated carbocycles. The van der Waals surface area contributed by atoms with Gasteiger partial charge in [-0.05, 0) is 72.4 Å². The summed E-state index contributed by atoms with van der Waals surface area (Å²) in [6.45, 7) is 4.48. The zero-order chi connectivity index (χ0) is 15.8. The van der Waals surface area contributed by atoms with Crippen LogP contribution in [0.5, 0.6) is 0 Å². The summed E-state index contributed by atoms with van der Waals surface area (Å²) in [6, 6.07) is 14.0. The fourth-order valence-electron chi connectivity index (χ4n) is 4.37. The van der Waals surface area contributed by atoms with Crippen molar-refractivity contribution in [3.8, 4) is 11.1 Å². The van der Waals surface area contributed by atoms with Crippen LogP contribution in [0.1, 0.15) is 67.2 Å². The third kappa shape index (κ3) is 2.76. The summed E-state index contributed by atoms with van der Waals surface area (Å²) >= 11 is 0. The highest BCUT2D eigenvalue weighted by molar-refractivity contribution is 5.81. The molecular weight excluding hydrogens is 276 g/mol. The first-order valence-corrected chi connectivity index (χ1v) is 9.12. The van der Waals surface area contributed by atoms with Crippen LogP contribution in [0, 0.1) is 6.92 Å². The van der Waals surface area contributed by atoms with Crippen LogP contribution in [0.15, 0.2) is 42.0 Å². The predicted octanol–water partition coefficient (Wildman–Crippen LogP) is 6.67. The van der Waals surface area contributed by atoms with Crippen molar-refractivity contribution in [2.45, 2.75) is 58.3 Å². The Morgan fingerprint density at radius 1 is 0.826 bits per heavy atom. The largest absolute Gasteiger partial charge is 0.0683 e. The van der Waals surface area contributed by atoms with Crippen molar-refractivity contribution in [1.29, 1.82) is 0 Å². The first kappa shape index (κ1) is 14.8. The third-order valence-electron chi connectivity index (χ3n) is 5.74. The molecule has 0 spiro atoms. The van der Waals surface area contributed by atoms with Crippen LogP contribution in [0.2, 0.25) is 0 Å². The van der Waals surface area contributed by atoms with E-state index >= 15 is 0 Å². The van der Waals surface area contributed by atoms with Crippen LogP contribution in [-0.2, 0) is 6.42 Å². The molecule has 0 aromatic heterocycles. The van der Waals surface area contributed by atoms with E-state index < -0.39 is 0 Å². The summed E-state index contributed by atoms with van der Waals surface area (Å²) in [5, 5.41) is 0. The van der Waals surface area contributed by atoms with Crippen LogP contribution in [0.3, 0.4) is 0 Å². The SMILES string of the molecule is CC1=Cc2c(-c3ccc(C4CCCCC4)cc3)ccc(C)c2C1. The molecule has 0 unspecified atom stereocenters. The minimum atomic E-state index is 0.795. The molecule has 2 aliphatic carbocycles. The molecule has 0 heteroatoms. The van der Waals surface area contributed by atoms with Crippen molar-refractivity contribution >= 4 is 6.08 Å². The lowest BCUT2D eigenvalue weighted by Gasteiger charge is -2.22. The fraction of sp³-hybridized carbons (Fsp3) is 0.391. The number of fused-ring (bicyclic) bond motifs is 1. The van der Waals surface area contributed by atoms with E-state index in [0.717, 1.165) is 12.3 Å². The highest BCUT2D eigenvalue weighted by atomic mass is 14.2. The molecule has 0 amide bonds. The molecule has 2 aromatic rings. The maximum Gasteiger partial charge on any atom is -0.00577 e. The zero-order valence-electron chi connectivity index (χ0n) is 14.4. The van der Waals surface area contributed by atoms with Crippen molar-refractivity contribution < 1.29 is 0 Å². The van der Waals surface area contributed by atoms with Gasteiger partial charge in [-0.1, -0.05) is 67.3 Å². The summed E-state index contributed by atoms with van der Waals surface area (Å²) in [5.41, 5.74) is 10.2. The molecule has 0 nitrogen and oxygen atoms in total. The number of benzene rings is 2. The topological polar surface area (TPSA) is 0 Å². The lowest BCUT2D eigenvalue weighted by molar-refractivity contribution is 0.443. The van der Waals surface area contributed by atoms with Crippen LogP contribution >= 0.6 is 0 Å².